The van der Waals surface area contributed by atoms with Crippen LogP contribution in [0.15, 0.2) is 48.7 Å². The molecule has 8 heteroatoms. The number of allylic oxidation sites excluding steroid dienone is 1. The van der Waals surface area contributed by atoms with Crippen LogP contribution in [0.2, 0.25) is 0 Å². The molecule has 6 aliphatic heterocycles. The van der Waals surface area contributed by atoms with Crippen LogP contribution in [0.1, 0.15) is 115 Å². The standard InChI is InChI=1S/4C7H13N.2C6H14N2/c1-7(2)3-5-8-6-4-7;3*1-7(2)5-3-4-6-8-7;1-6(2)5-7-3-4-8-6;1-6(2)7-4-3-5-8-6/h3*3,5,8H,4,6H2,1-2H3;3-4,8H,5-6H2,1-2H3;2*7-8H,3-5H2,1-2H3. The molecular weight excluding hydrogens is 592 g/mol. The van der Waals surface area contributed by atoms with Crippen molar-refractivity contribution in [2.24, 2.45) is 5.41 Å². The maximum atomic E-state index is 3.40. The highest BCUT2D eigenvalue weighted by Gasteiger charge is 2.19. The van der Waals surface area contributed by atoms with Crippen molar-refractivity contribution >= 4 is 0 Å². The highest BCUT2D eigenvalue weighted by atomic mass is 15.2. The zero-order chi connectivity index (χ0) is 36.2. The SMILES string of the molecule is CC1(C)C=CCCN1.CC1(C)C=CCCN1.CC1(C)C=CNCC1.CC1(C)CC=CCN1.CC1(C)CNCCN1.CC1(C)NCCCN1. The molecule has 6 heterocycles. The van der Waals surface area contributed by atoms with Crippen molar-refractivity contribution in [3.8, 4) is 0 Å². The van der Waals surface area contributed by atoms with Gasteiger partial charge >= 0.3 is 0 Å². The molecule has 0 bridgehead atoms. The molecule has 0 radical (unpaired) electrons. The van der Waals surface area contributed by atoms with Gasteiger partial charge in [0.25, 0.3) is 0 Å². The van der Waals surface area contributed by atoms with E-state index in [2.05, 4.69) is 168 Å². The minimum atomic E-state index is 0.179. The highest BCUT2D eigenvalue weighted by Crippen LogP contribution is 2.22. The van der Waals surface area contributed by atoms with Gasteiger partial charge in [-0.3, -0.25) is 10.6 Å². The summed E-state index contributed by atoms with van der Waals surface area (Å²) in [6.45, 7) is 36.4. The summed E-state index contributed by atoms with van der Waals surface area (Å²) in [5.74, 6) is 0. The zero-order valence-corrected chi connectivity index (χ0v) is 33.5. The van der Waals surface area contributed by atoms with E-state index in [4.69, 9.17) is 0 Å². The summed E-state index contributed by atoms with van der Waals surface area (Å²) in [5, 5.41) is 26.7. The summed E-state index contributed by atoms with van der Waals surface area (Å²) in [5.41, 5.74) is 1.77. The van der Waals surface area contributed by atoms with E-state index in [0.29, 0.717) is 16.5 Å². The molecule has 0 saturated carbocycles. The topological polar surface area (TPSA) is 96.2 Å². The molecular formula is C40H80N8. The van der Waals surface area contributed by atoms with Gasteiger partial charge in [-0.2, -0.15) is 0 Å². The Balaban J connectivity index is 0.000000288. The van der Waals surface area contributed by atoms with Gasteiger partial charge in [0.1, 0.15) is 0 Å². The van der Waals surface area contributed by atoms with Crippen LogP contribution in [-0.2, 0) is 0 Å². The Bertz CT molecular complexity index is 867. The van der Waals surface area contributed by atoms with Gasteiger partial charge in [0.15, 0.2) is 0 Å². The van der Waals surface area contributed by atoms with Gasteiger partial charge in [-0.05, 0) is 139 Å². The molecule has 6 aliphatic rings. The molecule has 0 aromatic rings. The van der Waals surface area contributed by atoms with E-state index in [-0.39, 0.29) is 16.7 Å². The van der Waals surface area contributed by atoms with Crippen molar-refractivity contribution in [1.29, 1.82) is 0 Å². The van der Waals surface area contributed by atoms with E-state index in [9.17, 15) is 0 Å². The second-order valence-corrected chi connectivity index (χ2v) is 17.5. The van der Waals surface area contributed by atoms with Gasteiger partial charge in [0.2, 0.25) is 0 Å². The van der Waals surface area contributed by atoms with Crippen LogP contribution in [0, 0.1) is 5.41 Å². The molecule has 0 spiro atoms. The van der Waals surface area contributed by atoms with Crippen LogP contribution in [0.5, 0.6) is 0 Å². The van der Waals surface area contributed by atoms with Crippen molar-refractivity contribution in [3.05, 3.63) is 48.7 Å². The quantitative estimate of drug-likeness (QED) is 0.155. The third-order valence-electron chi connectivity index (χ3n) is 8.87. The third kappa shape index (κ3) is 24.6. The Morgan fingerprint density at radius 2 is 1.06 bits per heavy atom. The molecule has 0 atom stereocenters. The first-order valence-electron chi connectivity index (χ1n) is 18.9. The average molecular weight is 673 g/mol. The van der Waals surface area contributed by atoms with Gasteiger partial charge in [0, 0.05) is 54.9 Å². The number of hydrogen-bond acceptors (Lipinski definition) is 8. The molecule has 0 unspecified atom stereocenters. The van der Waals surface area contributed by atoms with E-state index in [1.165, 1.54) is 25.7 Å². The lowest BCUT2D eigenvalue weighted by molar-refractivity contribution is 0.270. The first-order valence-corrected chi connectivity index (χ1v) is 18.9. The van der Waals surface area contributed by atoms with Crippen LogP contribution >= 0.6 is 0 Å². The van der Waals surface area contributed by atoms with Crippen molar-refractivity contribution in [3.63, 3.8) is 0 Å². The van der Waals surface area contributed by atoms with Crippen LogP contribution in [0.25, 0.3) is 0 Å². The molecule has 2 saturated heterocycles. The smallest absolute Gasteiger partial charge is 0.0629 e. The highest BCUT2D eigenvalue weighted by molar-refractivity contribution is 5.05. The van der Waals surface area contributed by atoms with E-state index in [0.717, 1.165) is 65.3 Å². The van der Waals surface area contributed by atoms with Crippen LogP contribution < -0.4 is 42.5 Å². The fourth-order valence-electron chi connectivity index (χ4n) is 5.45. The molecule has 0 aliphatic carbocycles. The summed E-state index contributed by atoms with van der Waals surface area (Å²) in [6, 6.07) is 0. The molecule has 0 amide bonds. The molecule has 0 aromatic heterocycles. The lowest BCUT2D eigenvalue weighted by Crippen LogP contribution is -2.56. The average Bonchev–Trinajstić information content (AvgIpc) is 2.98. The molecule has 2 fully saturated rings. The van der Waals surface area contributed by atoms with E-state index in [1.54, 1.807) is 0 Å². The minimum absolute atomic E-state index is 0.179. The monoisotopic (exact) mass is 673 g/mol. The number of piperazine rings is 1. The number of rotatable bonds is 0. The van der Waals surface area contributed by atoms with Crippen LogP contribution in [0.3, 0.4) is 0 Å². The summed E-state index contributed by atoms with van der Waals surface area (Å²) in [4.78, 5) is 0. The summed E-state index contributed by atoms with van der Waals surface area (Å²) in [6.07, 6.45) is 23.6. The van der Waals surface area contributed by atoms with Crippen LogP contribution in [0.4, 0.5) is 0 Å². The van der Waals surface area contributed by atoms with Gasteiger partial charge in [-0.25, -0.2) is 0 Å². The second kappa shape index (κ2) is 21.6. The van der Waals surface area contributed by atoms with Crippen molar-refractivity contribution < 1.29 is 0 Å². The molecule has 280 valence electrons. The molecule has 8 nitrogen and oxygen atoms in total. The second-order valence-electron chi connectivity index (χ2n) is 17.5. The zero-order valence-electron chi connectivity index (χ0n) is 33.5. The first kappa shape index (κ1) is 44.5. The Morgan fingerprint density at radius 3 is 1.27 bits per heavy atom. The maximum Gasteiger partial charge on any atom is 0.0629 e. The summed E-state index contributed by atoms with van der Waals surface area (Å²) < 4.78 is 0. The molecule has 8 N–H and O–H groups in total. The van der Waals surface area contributed by atoms with Crippen molar-refractivity contribution in [1.82, 2.24) is 42.5 Å². The van der Waals surface area contributed by atoms with Crippen molar-refractivity contribution in [2.45, 2.75) is 143 Å². The van der Waals surface area contributed by atoms with Gasteiger partial charge in [0.05, 0.1) is 5.66 Å². The third-order valence-corrected chi connectivity index (χ3v) is 8.87. The van der Waals surface area contributed by atoms with E-state index in [1.807, 2.05) is 6.20 Å². The lowest BCUT2D eigenvalue weighted by atomic mass is 9.88. The summed E-state index contributed by atoms with van der Waals surface area (Å²) >= 11 is 0. The lowest BCUT2D eigenvalue weighted by Gasteiger charge is -2.32. The fraction of sp³-hybridized carbons (Fsp3) is 0.800. The fourth-order valence-corrected chi connectivity index (χ4v) is 5.45. The van der Waals surface area contributed by atoms with E-state index >= 15 is 0 Å². The predicted octanol–water partition coefficient (Wildman–Crippen LogP) is 5.73. The Hall–Kier alpha value is -1.52. The molecule has 48 heavy (non-hydrogen) atoms. The van der Waals surface area contributed by atoms with Gasteiger partial charge in [-0.1, -0.05) is 56.4 Å². The van der Waals surface area contributed by atoms with Gasteiger partial charge < -0.3 is 31.9 Å². The largest absolute Gasteiger partial charge is 0.391 e. The Kier molecular flexibility index (Phi) is 20.1. The van der Waals surface area contributed by atoms with E-state index < -0.39 is 0 Å². The normalized spacial score (nSPS) is 26.2. The van der Waals surface area contributed by atoms with Gasteiger partial charge in [-0.15, -0.1) is 0 Å². The molecule has 6 rings (SSSR count). The maximum absolute atomic E-state index is 3.40. The first-order chi connectivity index (χ1) is 22.2. The minimum Gasteiger partial charge on any atom is -0.391 e. The summed E-state index contributed by atoms with van der Waals surface area (Å²) in [7, 11) is 0. The number of nitrogens with one attached hydrogen (secondary N) is 8. The van der Waals surface area contributed by atoms with Crippen molar-refractivity contribution in [2.75, 3.05) is 58.9 Å². The Labute approximate surface area is 298 Å². The Morgan fingerprint density at radius 1 is 0.479 bits per heavy atom. The predicted molar refractivity (Wildman–Crippen MR) is 213 cm³/mol. The van der Waals surface area contributed by atoms with Crippen LogP contribution in [-0.4, -0.2) is 86.7 Å². The molecule has 0 aromatic carbocycles. The number of hydrogen-bond donors (Lipinski definition) is 8.